The van der Waals surface area contributed by atoms with Gasteiger partial charge in [-0.25, -0.2) is 4.39 Å². The number of ether oxygens (including phenoxy) is 1. The summed E-state index contributed by atoms with van der Waals surface area (Å²) >= 11 is 0. The fourth-order valence-corrected chi connectivity index (χ4v) is 3.32. The molecule has 0 radical (unpaired) electrons. The molecule has 2 aromatic carbocycles. The fraction of sp³-hybridized carbons (Fsp3) is 0.350. The number of halogens is 1. The van der Waals surface area contributed by atoms with Crippen molar-refractivity contribution in [1.29, 1.82) is 0 Å². The molecule has 0 spiro atoms. The molecule has 3 nitrogen and oxygen atoms in total. The van der Waals surface area contributed by atoms with Crippen molar-refractivity contribution >= 4 is 5.91 Å². The quantitative estimate of drug-likeness (QED) is 0.844. The topological polar surface area (TPSA) is 29.5 Å². The molecule has 1 amide bonds. The molecule has 0 atom stereocenters. The number of hydrogen-bond acceptors (Lipinski definition) is 2. The number of carbonyl (C=O) groups is 1. The van der Waals surface area contributed by atoms with E-state index in [0.29, 0.717) is 19.7 Å². The van der Waals surface area contributed by atoms with Crippen LogP contribution in [0.4, 0.5) is 4.39 Å². The van der Waals surface area contributed by atoms with Gasteiger partial charge in [0.05, 0.1) is 18.1 Å². The van der Waals surface area contributed by atoms with Crippen LogP contribution in [0.2, 0.25) is 0 Å². The van der Waals surface area contributed by atoms with Crippen molar-refractivity contribution in [3.05, 3.63) is 71.5 Å². The van der Waals surface area contributed by atoms with Crippen LogP contribution in [0.3, 0.4) is 0 Å². The van der Waals surface area contributed by atoms with Crippen molar-refractivity contribution in [1.82, 2.24) is 4.90 Å². The van der Waals surface area contributed by atoms with Crippen molar-refractivity contribution in [2.75, 3.05) is 13.1 Å². The van der Waals surface area contributed by atoms with Crippen LogP contribution >= 0.6 is 0 Å². The van der Waals surface area contributed by atoms with E-state index in [4.69, 9.17) is 4.74 Å². The van der Waals surface area contributed by atoms with Gasteiger partial charge in [-0.05, 0) is 36.1 Å². The standard InChI is InChI=1S/C20H20FNO2/c21-17-8-6-16(7-9-17)20(10-11-20)19(23)22-12-18(13-22)24-14-15-4-2-1-3-5-15/h1-9,18H,10-14H2. The van der Waals surface area contributed by atoms with E-state index < -0.39 is 5.41 Å². The van der Waals surface area contributed by atoms with Gasteiger partial charge in [-0.15, -0.1) is 0 Å². The second-order valence-corrected chi connectivity index (χ2v) is 6.72. The Balaban J connectivity index is 1.32. The van der Waals surface area contributed by atoms with Crippen LogP contribution < -0.4 is 0 Å². The van der Waals surface area contributed by atoms with Gasteiger partial charge >= 0.3 is 0 Å². The normalized spacial score (nSPS) is 19.0. The number of nitrogens with zero attached hydrogens (tertiary/aromatic N) is 1. The Morgan fingerprint density at radius 2 is 1.75 bits per heavy atom. The highest BCUT2D eigenvalue weighted by Gasteiger charge is 2.54. The molecule has 0 bridgehead atoms. The predicted octanol–water partition coefficient (Wildman–Crippen LogP) is 3.28. The van der Waals surface area contributed by atoms with Gasteiger partial charge < -0.3 is 9.64 Å². The molecule has 24 heavy (non-hydrogen) atoms. The first-order chi connectivity index (χ1) is 11.7. The van der Waals surface area contributed by atoms with Crippen LogP contribution in [-0.4, -0.2) is 30.0 Å². The van der Waals surface area contributed by atoms with E-state index in [9.17, 15) is 9.18 Å². The van der Waals surface area contributed by atoms with Crippen molar-refractivity contribution in [3.8, 4) is 0 Å². The summed E-state index contributed by atoms with van der Waals surface area (Å²) in [5, 5.41) is 0. The highest BCUT2D eigenvalue weighted by Crippen LogP contribution is 2.50. The molecule has 0 unspecified atom stereocenters. The van der Waals surface area contributed by atoms with Crippen LogP contribution in [0.15, 0.2) is 54.6 Å². The molecule has 2 aromatic rings. The van der Waals surface area contributed by atoms with Crippen molar-refractivity contribution in [2.45, 2.75) is 31.0 Å². The zero-order chi connectivity index (χ0) is 16.6. The summed E-state index contributed by atoms with van der Waals surface area (Å²) in [4.78, 5) is 14.7. The molecule has 1 heterocycles. The molecular formula is C20H20FNO2. The van der Waals surface area contributed by atoms with Gasteiger partial charge in [0.1, 0.15) is 5.82 Å². The minimum Gasteiger partial charge on any atom is -0.370 e. The molecule has 1 saturated heterocycles. The summed E-state index contributed by atoms with van der Waals surface area (Å²) in [6.45, 7) is 1.87. The van der Waals surface area contributed by atoms with Gasteiger partial charge in [-0.2, -0.15) is 0 Å². The molecular weight excluding hydrogens is 305 g/mol. The Morgan fingerprint density at radius 1 is 1.08 bits per heavy atom. The lowest BCUT2D eigenvalue weighted by Gasteiger charge is -2.41. The van der Waals surface area contributed by atoms with Crippen LogP contribution in [-0.2, 0) is 21.6 Å². The Kier molecular flexibility index (Phi) is 3.85. The summed E-state index contributed by atoms with van der Waals surface area (Å²) in [7, 11) is 0. The first-order valence-electron chi connectivity index (χ1n) is 8.38. The number of hydrogen-bond donors (Lipinski definition) is 0. The van der Waals surface area contributed by atoms with Crippen LogP contribution in [0, 0.1) is 5.82 Å². The largest absolute Gasteiger partial charge is 0.370 e. The van der Waals surface area contributed by atoms with Crippen LogP contribution in [0.1, 0.15) is 24.0 Å². The van der Waals surface area contributed by atoms with Crippen molar-refractivity contribution in [2.24, 2.45) is 0 Å². The monoisotopic (exact) mass is 325 g/mol. The Hall–Kier alpha value is -2.20. The van der Waals surface area contributed by atoms with Gasteiger partial charge in [-0.1, -0.05) is 42.5 Å². The van der Waals surface area contributed by atoms with Crippen LogP contribution in [0.25, 0.3) is 0 Å². The smallest absolute Gasteiger partial charge is 0.233 e. The summed E-state index contributed by atoms with van der Waals surface area (Å²) in [6.07, 6.45) is 1.81. The molecule has 124 valence electrons. The maximum atomic E-state index is 13.1. The number of amides is 1. The van der Waals surface area contributed by atoms with Crippen molar-refractivity contribution in [3.63, 3.8) is 0 Å². The molecule has 4 heteroatoms. The van der Waals surface area contributed by atoms with Gasteiger partial charge in [0.15, 0.2) is 0 Å². The molecule has 0 aromatic heterocycles. The molecule has 1 aliphatic carbocycles. The lowest BCUT2D eigenvalue weighted by atomic mass is 9.92. The lowest BCUT2D eigenvalue weighted by Crippen LogP contribution is -2.57. The highest BCUT2D eigenvalue weighted by molar-refractivity contribution is 5.91. The summed E-state index contributed by atoms with van der Waals surface area (Å²) in [5.74, 6) is -0.103. The Labute approximate surface area is 141 Å². The maximum Gasteiger partial charge on any atom is 0.233 e. The first-order valence-corrected chi connectivity index (χ1v) is 8.38. The third kappa shape index (κ3) is 2.82. The van der Waals surface area contributed by atoms with Gasteiger partial charge in [0.2, 0.25) is 5.91 Å². The lowest BCUT2D eigenvalue weighted by molar-refractivity contribution is -0.148. The molecule has 2 fully saturated rings. The first kappa shape index (κ1) is 15.3. The number of benzene rings is 2. The molecule has 0 N–H and O–H groups in total. The van der Waals surface area contributed by atoms with E-state index in [-0.39, 0.29) is 17.8 Å². The second kappa shape index (κ2) is 6.02. The van der Waals surface area contributed by atoms with E-state index in [1.807, 2.05) is 35.2 Å². The summed E-state index contributed by atoms with van der Waals surface area (Å²) in [5.41, 5.74) is 1.66. The van der Waals surface area contributed by atoms with E-state index in [0.717, 1.165) is 24.0 Å². The van der Waals surface area contributed by atoms with Crippen molar-refractivity contribution < 1.29 is 13.9 Å². The zero-order valence-corrected chi connectivity index (χ0v) is 13.5. The van der Waals surface area contributed by atoms with Gasteiger partial charge in [0, 0.05) is 13.1 Å². The summed E-state index contributed by atoms with van der Waals surface area (Å²) in [6, 6.07) is 16.4. The second-order valence-electron chi connectivity index (χ2n) is 6.72. The number of carbonyl (C=O) groups excluding carboxylic acids is 1. The Bertz CT molecular complexity index is 719. The van der Waals surface area contributed by atoms with E-state index >= 15 is 0 Å². The molecule has 1 aliphatic heterocycles. The minimum absolute atomic E-state index is 0.109. The third-order valence-electron chi connectivity index (χ3n) is 5.02. The number of likely N-dealkylation sites (tertiary alicyclic amines) is 1. The SMILES string of the molecule is O=C(N1CC(OCc2ccccc2)C1)C1(c2ccc(F)cc2)CC1. The van der Waals surface area contributed by atoms with E-state index in [2.05, 4.69) is 0 Å². The zero-order valence-electron chi connectivity index (χ0n) is 13.5. The average molecular weight is 325 g/mol. The third-order valence-corrected chi connectivity index (χ3v) is 5.02. The number of rotatable bonds is 5. The maximum absolute atomic E-state index is 13.1. The molecule has 1 saturated carbocycles. The minimum atomic E-state index is -0.419. The average Bonchev–Trinajstić information content (AvgIpc) is 3.36. The molecule has 4 rings (SSSR count). The predicted molar refractivity (Wildman–Crippen MR) is 88.9 cm³/mol. The fourth-order valence-electron chi connectivity index (χ4n) is 3.32. The molecule has 2 aliphatic rings. The Morgan fingerprint density at radius 3 is 2.38 bits per heavy atom. The van der Waals surface area contributed by atoms with Gasteiger partial charge in [-0.3, -0.25) is 4.79 Å². The van der Waals surface area contributed by atoms with E-state index in [1.165, 1.54) is 12.1 Å². The van der Waals surface area contributed by atoms with Crippen LogP contribution in [0.5, 0.6) is 0 Å². The van der Waals surface area contributed by atoms with Gasteiger partial charge in [0.25, 0.3) is 0 Å². The van der Waals surface area contributed by atoms with E-state index in [1.54, 1.807) is 12.1 Å². The summed E-state index contributed by atoms with van der Waals surface area (Å²) < 4.78 is 19.0. The highest BCUT2D eigenvalue weighted by atomic mass is 19.1.